The van der Waals surface area contributed by atoms with E-state index in [-0.39, 0.29) is 18.3 Å². The summed E-state index contributed by atoms with van der Waals surface area (Å²) < 4.78 is 15.1. The highest BCUT2D eigenvalue weighted by atomic mass is 19.1. The second kappa shape index (κ2) is 7.36. The largest absolute Gasteiger partial charge is 0.350 e. The Hall–Kier alpha value is -3.53. The number of nitrogens with one attached hydrogen (secondary N) is 1. The highest BCUT2D eigenvalue weighted by molar-refractivity contribution is 5.75. The third kappa shape index (κ3) is 4.06. The zero-order chi connectivity index (χ0) is 17.6. The summed E-state index contributed by atoms with van der Waals surface area (Å²) in [5.74, 6) is -0.630. The second-order valence-electron chi connectivity index (χ2n) is 5.37. The molecule has 1 heterocycles. The summed E-state index contributed by atoms with van der Waals surface area (Å²) in [6.45, 7) is 0.330. The Morgan fingerprint density at radius 3 is 2.68 bits per heavy atom. The first-order valence-electron chi connectivity index (χ1n) is 7.56. The van der Waals surface area contributed by atoms with Crippen molar-refractivity contribution in [3.63, 3.8) is 0 Å². The van der Waals surface area contributed by atoms with E-state index in [1.807, 2.05) is 6.07 Å². The van der Waals surface area contributed by atoms with Gasteiger partial charge in [-0.05, 0) is 29.8 Å². The number of hydrogen-bond donors (Lipinski definition) is 1. The molecular weight excluding hydrogens is 321 g/mol. The lowest BCUT2D eigenvalue weighted by Crippen LogP contribution is -2.27. The van der Waals surface area contributed by atoms with Crippen molar-refractivity contribution in [2.24, 2.45) is 0 Å². The van der Waals surface area contributed by atoms with Crippen molar-refractivity contribution in [1.82, 2.24) is 20.3 Å². The van der Waals surface area contributed by atoms with Crippen molar-refractivity contribution in [2.75, 3.05) is 0 Å². The van der Waals surface area contributed by atoms with Crippen molar-refractivity contribution >= 4 is 5.91 Å². The van der Waals surface area contributed by atoms with Crippen LogP contribution < -0.4 is 5.32 Å². The minimum absolute atomic E-state index is 0.0161. The summed E-state index contributed by atoms with van der Waals surface area (Å²) in [5, 5.41) is 19.3. The van der Waals surface area contributed by atoms with E-state index in [1.165, 1.54) is 16.9 Å². The van der Waals surface area contributed by atoms with Crippen LogP contribution >= 0.6 is 0 Å². The van der Waals surface area contributed by atoms with Crippen LogP contribution in [0.5, 0.6) is 0 Å². The van der Waals surface area contributed by atoms with E-state index >= 15 is 0 Å². The first-order valence-corrected chi connectivity index (χ1v) is 7.56. The Bertz CT molecular complexity index is 927. The van der Waals surface area contributed by atoms with Gasteiger partial charge in [0, 0.05) is 12.1 Å². The van der Waals surface area contributed by atoms with E-state index in [4.69, 9.17) is 5.26 Å². The van der Waals surface area contributed by atoms with Gasteiger partial charge in [-0.3, -0.25) is 4.79 Å². The Labute approximate surface area is 143 Å². The molecule has 25 heavy (non-hydrogen) atoms. The molecule has 3 aromatic rings. The molecular formula is C18H14FN5O. The normalized spacial score (nSPS) is 10.2. The van der Waals surface area contributed by atoms with Gasteiger partial charge in [-0.15, -0.1) is 5.10 Å². The molecule has 0 bridgehead atoms. The first kappa shape index (κ1) is 16.3. The average Bonchev–Trinajstić information content (AvgIpc) is 3.09. The van der Waals surface area contributed by atoms with Crippen molar-refractivity contribution < 1.29 is 9.18 Å². The molecule has 0 aliphatic carbocycles. The van der Waals surface area contributed by atoms with Gasteiger partial charge < -0.3 is 5.32 Å². The average molecular weight is 335 g/mol. The van der Waals surface area contributed by atoms with Crippen LogP contribution in [-0.2, 0) is 17.9 Å². The van der Waals surface area contributed by atoms with E-state index in [1.54, 1.807) is 42.5 Å². The Kier molecular flexibility index (Phi) is 4.81. The maximum atomic E-state index is 13.7. The number of rotatable bonds is 5. The van der Waals surface area contributed by atoms with E-state index in [0.29, 0.717) is 23.4 Å². The topological polar surface area (TPSA) is 83.6 Å². The molecule has 6 nitrogen and oxygen atoms in total. The molecule has 1 N–H and O–H groups in total. The fourth-order valence-electron chi connectivity index (χ4n) is 2.27. The summed E-state index contributed by atoms with van der Waals surface area (Å²) in [7, 11) is 0. The summed E-state index contributed by atoms with van der Waals surface area (Å²) in [6, 6.07) is 15.3. The fraction of sp³-hybridized carbons (Fsp3) is 0.111. The van der Waals surface area contributed by atoms with Crippen molar-refractivity contribution in [1.29, 1.82) is 5.26 Å². The predicted molar refractivity (Wildman–Crippen MR) is 88.4 cm³/mol. The smallest absolute Gasteiger partial charge is 0.242 e. The molecule has 0 unspecified atom stereocenters. The Morgan fingerprint density at radius 2 is 1.96 bits per heavy atom. The number of hydrogen-bond acceptors (Lipinski definition) is 4. The van der Waals surface area contributed by atoms with E-state index < -0.39 is 0 Å². The Balaban J connectivity index is 1.58. The van der Waals surface area contributed by atoms with Crippen LogP contribution in [0.1, 0.15) is 11.1 Å². The number of halogens is 1. The van der Waals surface area contributed by atoms with Gasteiger partial charge in [0.2, 0.25) is 5.91 Å². The van der Waals surface area contributed by atoms with Crippen molar-refractivity contribution in [3.8, 4) is 17.3 Å². The molecule has 0 atom stereocenters. The summed E-state index contributed by atoms with van der Waals surface area (Å²) in [4.78, 5) is 12.0. The molecule has 0 saturated carbocycles. The molecule has 0 aliphatic heterocycles. The van der Waals surface area contributed by atoms with Gasteiger partial charge in [-0.1, -0.05) is 29.5 Å². The van der Waals surface area contributed by atoms with E-state index in [2.05, 4.69) is 15.6 Å². The zero-order valence-electron chi connectivity index (χ0n) is 13.2. The SMILES string of the molecule is N#Cc1ccc(CNC(=O)Cn2cc(-c3ccccc3F)nn2)cc1. The number of carbonyl (C=O) groups is 1. The van der Waals surface area contributed by atoms with Crippen LogP contribution in [0.2, 0.25) is 0 Å². The van der Waals surface area contributed by atoms with Gasteiger partial charge in [0.1, 0.15) is 18.1 Å². The fourth-order valence-corrected chi connectivity index (χ4v) is 2.27. The van der Waals surface area contributed by atoms with Gasteiger partial charge in [0.05, 0.1) is 17.8 Å². The second-order valence-corrected chi connectivity index (χ2v) is 5.37. The van der Waals surface area contributed by atoms with Gasteiger partial charge in [0.25, 0.3) is 0 Å². The lowest BCUT2D eigenvalue weighted by Gasteiger charge is -2.05. The number of benzene rings is 2. The van der Waals surface area contributed by atoms with Gasteiger partial charge >= 0.3 is 0 Å². The standard InChI is InChI=1S/C18H14FN5O/c19-16-4-2-1-3-15(16)17-11-24(23-22-17)12-18(25)21-10-14-7-5-13(9-20)6-8-14/h1-8,11H,10,12H2,(H,21,25). The molecule has 2 aromatic carbocycles. The summed E-state index contributed by atoms with van der Waals surface area (Å²) >= 11 is 0. The first-order chi connectivity index (χ1) is 12.2. The highest BCUT2D eigenvalue weighted by Crippen LogP contribution is 2.19. The molecule has 0 radical (unpaired) electrons. The quantitative estimate of drug-likeness (QED) is 0.775. The molecule has 0 saturated heterocycles. The predicted octanol–water partition coefficient (Wildman–Crippen LogP) is 2.27. The lowest BCUT2D eigenvalue weighted by molar-refractivity contribution is -0.122. The van der Waals surface area contributed by atoms with E-state index in [0.717, 1.165) is 5.56 Å². The molecule has 1 amide bonds. The summed E-state index contributed by atoms with van der Waals surface area (Å²) in [5.41, 5.74) is 2.17. The minimum Gasteiger partial charge on any atom is -0.350 e. The van der Waals surface area contributed by atoms with Crippen LogP contribution in [-0.4, -0.2) is 20.9 Å². The van der Waals surface area contributed by atoms with Gasteiger partial charge in [-0.25, -0.2) is 9.07 Å². The third-order valence-electron chi connectivity index (χ3n) is 3.57. The molecule has 7 heteroatoms. The van der Waals surface area contributed by atoms with Crippen LogP contribution in [0, 0.1) is 17.1 Å². The molecule has 0 spiro atoms. The molecule has 1 aromatic heterocycles. The van der Waals surface area contributed by atoms with Gasteiger partial charge in [0.15, 0.2) is 0 Å². The number of carbonyl (C=O) groups excluding carboxylic acids is 1. The van der Waals surface area contributed by atoms with Crippen LogP contribution in [0.25, 0.3) is 11.3 Å². The lowest BCUT2D eigenvalue weighted by atomic mass is 10.1. The molecule has 0 fully saturated rings. The maximum absolute atomic E-state index is 13.7. The number of nitriles is 1. The van der Waals surface area contributed by atoms with Crippen molar-refractivity contribution in [2.45, 2.75) is 13.1 Å². The number of amides is 1. The van der Waals surface area contributed by atoms with Crippen LogP contribution in [0.3, 0.4) is 0 Å². The maximum Gasteiger partial charge on any atom is 0.242 e. The van der Waals surface area contributed by atoms with E-state index in [9.17, 15) is 9.18 Å². The summed E-state index contributed by atoms with van der Waals surface area (Å²) in [6.07, 6.45) is 1.53. The van der Waals surface area contributed by atoms with Gasteiger partial charge in [-0.2, -0.15) is 5.26 Å². The zero-order valence-corrected chi connectivity index (χ0v) is 13.2. The minimum atomic E-state index is -0.389. The van der Waals surface area contributed by atoms with Crippen LogP contribution in [0.4, 0.5) is 4.39 Å². The number of aromatic nitrogens is 3. The van der Waals surface area contributed by atoms with Crippen molar-refractivity contribution in [3.05, 3.63) is 71.7 Å². The molecule has 3 rings (SSSR count). The monoisotopic (exact) mass is 335 g/mol. The molecule has 0 aliphatic rings. The third-order valence-corrected chi connectivity index (χ3v) is 3.57. The highest BCUT2D eigenvalue weighted by Gasteiger charge is 2.10. The molecule has 124 valence electrons. The Morgan fingerprint density at radius 1 is 1.20 bits per heavy atom. The number of nitrogens with zero attached hydrogens (tertiary/aromatic N) is 4. The van der Waals surface area contributed by atoms with Crippen LogP contribution in [0.15, 0.2) is 54.7 Å².